The first kappa shape index (κ1) is 20.3. The second kappa shape index (κ2) is 8.58. The average Bonchev–Trinajstić information content (AvgIpc) is 2.66. The Labute approximate surface area is 159 Å². The zero-order chi connectivity index (χ0) is 20.0. The topological polar surface area (TPSA) is 76.7 Å². The Hall–Kier alpha value is -3.02. The molecule has 2 rings (SSSR count). The van der Waals surface area contributed by atoms with E-state index in [1.54, 1.807) is 32.0 Å². The highest BCUT2D eigenvalue weighted by Gasteiger charge is 2.36. The van der Waals surface area contributed by atoms with Crippen molar-refractivity contribution in [2.45, 2.75) is 27.3 Å². The lowest BCUT2D eigenvalue weighted by Crippen LogP contribution is -2.45. The molecule has 2 aromatic carbocycles. The zero-order valence-corrected chi connectivity index (χ0v) is 16.4. The molecule has 2 amide bonds. The first-order valence-electron chi connectivity index (χ1n) is 8.66. The summed E-state index contributed by atoms with van der Waals surface area (Å²) in [7, 11) is 3.05. The van der Waals surface area contributed by atoms with Gasteiger partial charge in [0.05, 0.1) is 19.9 Å². The van der Waals surface area contributed by atoms with Crippen LogP contribution in [0.15, 0.2) is 42.5 Å². The number of methoxy groups -OCH3 is 2. The number of anilines is 1. The van der Waals surface area contributed by atoms with Crippen molar-refractivity contribution in [3.05, 3.63) is 53.6 Å². The van der Waals surface area contributed by atoms with E-state index in [1.165, 1.54) is 14.2 Å². The summed E-state index contributed by atoms with van der Waals surface area (Å²) in [6, 6.07) is 12.9. The molecule has 6 nitrogen and oxygen atoms in total. The number of aryl methyl sites for hydroxylation is 1. The first-order valence-corrected chi connectivity index (χ1v) is 8.66. The summed E-state index contributed by atoms with van der Waals surface area (Å²) in [5.74, 6) is 0.273. The van der Waals surface area contributed by atoms with Gasteiger partial charge in [0.1, 0.15) is 16.9 Å². The molecule has 0 heterocycles. The van der Waals surface area contributed by atoms with Gasteiger partial charge in [0.15, 0.2) is 0 Å². The third kappa shape index (κ3) is 4.78. The van der Waals surface area contributed by atoms with E-state index in [0.29, 0.717) is 23.7 Å². The number of carbonyl (C=O) groups is 2. The molecule has 0 aliphatic carbocycles. The lowest BCUT2D eigenvalue weighted by Gasteiger charge is -2.23. The zero-order valence-electron chi connectivity index (χ0n) is 16.4. The quantitative estimate of drug-likeness (QED) is 0.733. The Morgan fingerprint density at radius 1 is 1.00 bits per heavy atom. The Morgan fingerprint density at radius 2 is 1.70 bits per heavy atom. The number of hydrogen-bond acceptors (Lipinski definition) is 4. The molecular formula is C21H26N2O4. The molecule has 0 spiro atoms. The van der Waals surface area contributed by atoms with Gasteiger partial charge in [-0.1, -0.05) is 24.3 Å². The van der Waals surface area contributed by atoms with Crippen molar-refractivity contribution in [1.82, 2.24) is 5.32 Å². The fourth-order valence-corrected chi connectivity index (χ4v) is 2.50. The predicted octanol–water partition coefficient (Wildman–Crippen LogP) is 3.29. The molecule has 0 aromatic heterocycles. The highest BCUT2D eigenvalue weighted by atomic mass is 16.5. The van der Waals surface area contributed by atoms with Gasteiger partial charge in [0.25, 0.3) is 0 Å². The van der Waals surface area contributed by atoms with E-state index in [1.807, 2.05) is 31.2 Å². The minimum absolute atomic E-state index is 0.356. The molecule has 0 saturated carbocycles. The maximum atomic E-state index is 12.8. The van der Waals surface area contributed by atoms with Gasteiger partial charge in [0, 0.05) is 12.6 Å². The Morgan fingerprint density at radius 3 is 2.33 bits per heavy atom. The third-order valence-electron chi connectivity index (χ3n) is 4.49. The highest BCUT2D eigenvalue weighted by Crippen LogP contribution is 2.30. The number of benzene rings is 2. The first-order chi connectivity index (χ1) is 12.8. The van der Waals surface area contributed by atoms with Crippen LogP contribution in [0.5, 0.6) is 11.5 Å². The summed E-state index contributed by atoms with van der Waals surface area (Å²) in [4.78, 5) is 25.4. The van der Waals surface area contributed by atoms with Crippen LogP contribution in [0.25, 0.3) is 0 Å². The largest absolute Gasteiger partial charge is 0.497 e. The minimum atomic E-state index is -1.27. The molecule has 0 radical (unpaired) electrons. The van der Waals surface area contributed by atoms with Crippen LogP contribution in [0.3, 0.4) is 0 Å². The van der Waals surface area contributed by atoms with Crippen LogP contribution in [0.2, 0.25) is 0 Å². The van der Waals surface area contributed by atoms with E-state index < -0.39 is 11.3 Å². The van der Waals surface area contributed by atoms with Crippen molar-refractivity contribution < 1.29 is 19.1 Å². The van der Waals surface area contributed by atoms with Crippen molar-refractivity contribution in [3.63, 3.8) is 0 Å². The van der Waals surface area contributed by atoms with E-state index in [2.05, 4.69) is 10.6 Å². The van der Waals surface area contributed by atoms with Gasteiger partial charge >= 0.3 is 0 Å². The van der Waals surface area contributed by atoms with E-state index in [4.69, 9.17) is 9.47 Å². The van der Waals surface area contributed by atoms with E-state index >= 15 is 0 Å². The molecule has 0 bridgehead atoms. The number of carbonyl (C=O) groups excluding carboxylic acids is 2. The van der Waals surface area contributed by atoms with Crippen LogP contribution in [0, 0.1) is 12.3 Å². The number of hydrogen-bond donors (Lipinski definition) is 2. The molecule has 0 aliphatic rings. The van der Waals surface area contributed by atoms with Crippen LogP contribution in [-0.2, 0) is 16.1 Å². The molecule has 6 heteroatoms. The van der Waals surface area contributed by atoms with Crippen LogP contribution in [-0.4, -0.2) is 26.0 Å². The Balaban J connectivity index is 2.10. The molecule has 0 atom stereocenters. The summed E-state index contributed by atoms with van der Waals surface area (Å²) in [6.45, 7) is 5.52. The molecule has 0 aliphatic heterocycles. The predicted molar refractivity (Wildman–Crippen MR) is 105 cm³/mol. The average molecular weight is 370 g/mol. The van der Waals surface area contributed by atoms with Crippen molar-refractivity contribution in [2.24, 2.45) is 5.41 Å². The van der Waals surface area contributed by atoms with Gasteiger partial charge in [-0.15, -0.1) is 0 Å². The number of rotatable bonds is 7. The molecule has 2 N–H and O–H groups in total. The maximum absolute atomic E-state index is 12.8. The second-order valence-corrected chi connectivity index (χ2v) is 6.75. The number of amides is 2. The van der Waals surface area contributed by atoms with Gasteiger partial charge in [-0.3, -0.25) is 9.59 Å². The lowest BCUT2D eigenvalue weighted by atomic mass is 9.90. The molecule has 27 heavy (non-hydrogen) atoms. The molecule has 0 fully saturated rings. The van der Waals surface area contributed by atoms with Crippen LogP contribution in [0.4, 0.5) is 5.69 Å². The van der Waals surface area contributed by atoms with Gasteiger partial charge in [0.2, 0.25) is 11.8 Å². The summed E-state index contributed by atoms with van der Waals surface area (Å²) < 4.78 is 10.4. The van der Waals surface area contributed by atoms with Crippen LogP contribution >= 0.6 is 0 Å². The van der Waals surface area contributed by atoms with E-state index in [-0.39, 0.29) is 5.91 Å². The van der Waals surface area contributed by atoms with E-state index in [9.17, 15) is 9.59 Å². The smallest absolute Gasteiger partial charge is 0.239 e. The monoisotopic (exact) mass is 370 g/mol. The third-order valence-corrected chi connectivity index (χ3v) is 4.49. The normalized spacial score (nSPS) is 10.9. The Kier molecular flexibility index (Phi) is 6.45. The second-order valence-electron chi connectivity index (χ2n) is 6.75. The summed E-state index contributed by atoms with van der Waals surface area (Å²) in [5.41, 5.74) is 1.27. The number of ether oxygens (including phenoxy) is 2. The number of nitrogens with one attached hydrogen (secondary N) is 2. The van der Waals surface area contributed by atoms with Gasteiger partial charge < -0.3 is 20.1 Å². The van der Waals surface area contributed by atoms with Crippen LogP contribution < -0.4 is 20.1 Å². The maximum Gasteiger partial charge on any atom is 0.239 e. The van der Waals surface area contributed by atoms with Crippen LogP contribution in [0.1, 0.15) is 25.0 Å². The Bertz CT molecular complexity index is 831. The van der Waals surface area contributed by atoms with Gasteiger partial charge in [-0.2, -0.15) is 0 Å². The van der Waals surface area contributed by atoms with Crippen molar-refractivity contribution in [1.29, 1.82) is 0 Å². The van der Waals surface area contributed by atoms with Gasteiger partial charge in [-0.25, -0.2) is 0 Å². The molecule has 0 saturated heterocycles. The molecule has 0 unspecified atom stereocenters. The minimum Gasteiger partial charge on any atom is -0.497 e. The standard InChI is InChI=1S/C21H26N2O4/c1-14-8-6-7-9-15(14)13-22-19(24)21(2,3)20(25)23-17-12-16(26-4)10-11-18(17)27-5/h6-12H,13H2,1-5H3,(H,22,24)(H,23,25). The fourth-order valence-electron chi connectivity index (χ4n) is 2.50. The fraction of sp³-hybridized carbons (Fsp3) is 0.333. The summed E-state index contributed by atoms with van der Waals surface area (Å²) in [6.07, 6.45) is 0. The lowest BCUT2D eigenvalue weighted by molar-refractivity contribution is -0.138. The van der Waals surface area contributed by atoms with Crippen molar-refractivity contribution >= 4 is 17.5 Å². The molecule has 144 valence electrons. The SMILES string of the molecule is COc1ccc(OC)c(NC(=O)C(C)(C)C(=O)NCc2ccccc2C)c1. The van der Waals surface area contributed by atoms with Crippen molar-refractivity contribution in [3.8, 4) is 11.5 Å². The highest BCUT2D eigenvalue weighted by molar-refractivity contribution is 6.10. The van der Waals surface area contributed by atoms with E-state index in [0.717, 1.165) is 11.1 Å². The molecule has 2 aromatic rings. The molecular weight excluding hydrogens is 344 g/mol. The van der Waals surface area contributed by atoms with Gasteiger partial charge in [-0.05, 0) is 44.0 Å². The summed E-state index contributed by atoms with van der Waals surface area (Å²) >= 11 is 0. The van der Waals surface area contributed by atoms with Crippen molar-refractivity contribution in [2.75, 3.05) is 19.5 Å². The summed E-state index contributed by atoms with van der Waals surface area (Å²) in [5, 5.41) is 5.60.